The summed E-state index contributed by atoms with van der Waals surface area (Å²) in [7, 11) is 4.00. The number of aryl methyl sites for hydroxylation is 1. The van der Waals surface area contributed by atoms with Gasteiger partial charge in [-0.2, -0.15) is 0 Å². The Morgan fingerprint density at radius 2 is 1.72 bits per heavy atom. The normalized spacial score (nSPS) is 11.4. The second-order valence-corrected chi connectivity index (χ2v) is 5.99. The molecule has 2 aromatic carbocycles. The fraction of sp³-hybridized carbons (Fsp3) is 0.300. The van der Waals surface area contributed by atoms with Crippen molar-refractivity contribution in [1.29, 1.82) is 0 Å². The van der Waals surface area contributed by atoms with Crippen molar-refractivity contribution >= 4 is 17.6 Å². The van der Waals surface area contributed by atoms with Crippen LogP contribution in [0.5, 0.6) is 0 Å². The fourth-order valence-corrected chi connectivity index (χ4v) is 2.32. The van der Waals surface area contributed by atoms with Gasteiger partial charge in [-0.1, -0.05) is 43.3 Å². The Labute approximate surface area is 149 Å². The molecule has 0 radical (unpaired) electrons. The summed E-state index contributed by atoms with van der Waals surface area (Å²) in [4.78, 5) is 19.0. The first-order valence-electron chi connectivity index (χ1n) is 8.50. The van der Waals surface area contributed by atoms with Crippen LogP contribution in [-0.2, 0) is 6.42 Å². The van der Waals surface area contributed by atoms with Gasteiger partial charge in [0.1, 0.15) is 0 Å². The number of hydrogen-bond donors (Lipinski definition) is 2. The highest BCUT2D eigenvalue weighted by Gasteiger charge is 2.10. The SMILES string of the molecule is CCc1ccccc1NC(=NCCN(C)C)NC(=O)c1ccccc1. The molecule has 2 aromatic rings. The highest BCUT2D eigenvalue weighted by molar-refractivity contribution is 6.10. The summed E-state index contributed by atoms with van der Waals surface area (Å²) >= 11 is 0. The molecule has 25 heavy (non-hydrogen) atoms. The average molecular weight is 338 g/mol. The lowest BCUT2D eigenvalue weighted by atomic mass is 10.1. The number of aliphatic imine (C=N–C) groups is 1. The van der Waals surface area contributed by atoms with Gasteiger partial charge in [-0.25, -0.2) is 0 Å². The van der Waals surface area contributed by atoms with E-state index in [-0.39, 0.29) is 5.91 Å². The Hall–Kier alpha value is -2.66. The van der Waals surface area contributed by atoms with Crippen molar-refractivity contribution in [3.63, 3.8) is 0 Å². The van der Waals surface area contributed by atoms with E-state index in [1.165, 1.54) is 5.56 Å². The van der Waals surface area contributed by atoms with E-state index in [4.69, 9.17) is 0 Å². The molecule has 0 aliphatic carbocycles. The number of nitrogens with zero attached hydrogens (tertiary/aromatic N) is 2. The van der Waals surface area contributed by atoms with E-state index in [1.807, 2.05) is 50.5 Å². The van der Waals surface area contributed by atoms with Crippen LogP contribution in [0.4, 0.5) is 5.69 Å². The number of rotatable bonds is 6. The quantitative estimate of drug-likeness (QED) is 0.629. The minimum atomic E-state index is -0.175. The van der Waals surface area contributed by atoms with Crippen molar-refractivity contribution in [1.82, 2.24) is 10.2 Å². The van der Waals surface area contributed by atoms with Crippen LogP contribution >= 0.6 is 0 Å². The molecule has 0 aliphatic rings. The predicted molar refractivity (Wildman–Crippen MR) is 104 cm³/mol. The molecule has 2 rings (SSSR count). The highest BCUT2D eigenvalue weighted by Crippen LogP contribution is 2.15. The molecule has 0 bridgehead atoms. The smallest absolute Gasteiger partial charge is 0.257 e. The maximum absolute atomic E-state index is 12.5. The van der Waals surface area contributed by atoms with E-state index < -0.39 is 0 Å². The zero-order valence-electron chi connectivity index (χ0n) is 15.1. The van der Waals surface area contributed by atoms with Crippen molar-refractivity contribution in [2.75, 3.05) is 32.5 Å². The molecule has 0 saturated carbocycles. The first kappa shape index (κ1) is 18.7. The molecule has 0 aromatic heterocycles. The van der Waals surface area contributed by atoms with Crippen LogP contribution in [0.3, 0.4) is 0 Å². The van der Waals surface area contributed by atoms with E-state index in [9.17, 15) is 4.79 Å². The van der Waals surface area contributed by atoms with Gasteiger partial charge in [0.25, 0.3) is 5.91 Å². The van der Waals surface area contributed by atoms with E-state index in [0.29, 0.717) is 18.1 Å². The third kappa shape index (κ3) is 6.04. The minimum absolute atomic E-state index is 0.175. The van der Waals surface area contributed by atoms with Crippen molar-refractivity contribution < 1.29 is 4.79 Å². The number of guanidine groups is 1. The Balaban J connectivity index is 2.16. The lowest BCUT2D eigenvalue weighted by Gasteiger charge is -2.15. The number of carbonyl (C=O) groups is 1. The van der Waals surface area contributed by atoms with Gasteiger partial charge in [0.15, 0.2) is 0 Å². The fourth-order valence-electron chi connectivity index (χ4n) is 2.32. The zero-order chi connectivity index (χ0) is 18.1. The zero-order valence-corrected chi connectivity index (χ0v) is 15.1. The molecule has 132 valence electrons. The Kier molecular flexibility index (Phi) is 7.16. The van der Waals surface area contributed by atoms with E-state index >= 15 is 0 Å². The van der Waals surface area contributed by atoms with Crippen LogP contribution in [0.15, 0.2) is 59.6 Å². The van der Waals surface area contributed by atoms with Crippen LogP contribution in [0.25, 0.3) is 0 Å². The predicted octanol–water partition coefficient (Wildman–Crippen LogP) is 3.01. The van der Waals surface area contributed by atoms with Gasteiger partial charge in [0.05, 0.1) is 6.54 Å². The lowest BCUT2D eigenvalue weighted by Crippen LogP contribution is -2.36. The van der Waals surface area contributed by atoms with Gasteiger partial charge in [0, 0.05) is 17.8 Å². The third-order valence-electron chi connectivity index (χ3n) is 3.74. The number of carbonyl (C=O) groups excluding carboxylic acids is 1. The lowest BCUT2D eigenvalue weighted by molar-refractivity contribution is 0.0977. The molecule has 0 spiro atoms. The molecule has 0 unspecified atom stereocenters. The second-order valence-electron chi connectivity index (χ2n) is 5.99. The first-order chi connectivity index (χ1) is 12.1. The number of benzene rings is 2. The summed E-state index contributed by atoms with van der Waals surface area (Å²) in [6.45, 7) is 3.51. The largest absolute Gasteiger partial charge is 0.326 e. The molecule has 0 saturated heterocycles. The van der Waals surface area contributed by atoms with Gasteiger partial charge in [-0.05, 0) is 44.3 Å². The topological polar surface area (TPSA) is 56.7 Å². The molecule has 0 fully saturated rings. The third-order valence-corrected chi connectivity index (χ3v) is 3.74. The van der Waals surface area contributed by atoms with E-state index in [1.54, 1.807) is 12.1 Å². The molecule has 0 heterocycles. The van der Waals surface area contributed by atoms with E-state index in [2.05, 4.69) is 33.5 Å². The summed E-state index contributed by atoms with van der Waals surface area (Å²) in [6.07, 6.45) is 0.904. The molecule has 1 amide bonds. The van der Waals surface area contributed by atoms with E-state index in [0.717, 1.165) is 18.7 Å². The second kappa shape index (κ2) is 9.59. The van der Waals surface area contributed by atoms with Gasteiger partial charge >= 0.3 is 0 Å². The van der Waals surface area contributed by atoms with Crippen molar-refractivity contribution in [2.24, 2.45) is 4.99 Å². The van der Waals surface area contributed by atoms with Crippen molar-refractivity contribution in [3.05, 3.63) is 65.7 Å². The van der Waals surface area contributed by atoms with Gasteiger partial charge < -0.3 is 10.2 Å². The Morgan fingerprint density at radius 3 is 2.40 bits per heavy atom. The summed E-state index contributed by atoms with van der Waals surface area (Å²) in [5, 5.41) is 6.16. The average Bonchev–Trinajstić information content (AvgIpc) is 2.62. The molecule has 5 nitrogen and oxygen atoms in total. The number of nitrogens with one attached hydrogen (secondary N) is 2. The Morgan fingerprint density at radius 1 is 1.04 bits per heavy atom. The first-order valence-corrected chi connectivity index (χ1v) is 8.50. The van der Waals surface area contributed by atoms with Crippen molar-refractivity contribution in [2.45, 2.75) is 13.3 Å². The number of hydrogen-bond acceptors (Lipinski definition) is 3. The van der Waals surface area contributed by atoms with Crippen LogP contribution in [0, 0.1) is 0 Å². The monoisotopic (exact) mass is 338 g/mol. The number of likely N-dealkylation sites (N-methyl/N-ethyl adjacent to an activating group) is 1. The maximum Gasteiger partial charge on any atom is 0.257 e. The summed E-state index contributed by atoms with van der Waals surface area (Å²) in [6, 6.07) is 17.2. The Bertz CT molecular complexity index is 711. The highest BCUT2D eigenvalue weighted by atomic mass is 16.1. The molecule has 0 atom stereocenters. The summed E-state index contributed by atoms with van der Waals surface area (Å²) in [5.74, 6) is 0.294. The van der Waals surface area contributed by atoms with Crippen LogP contribution < -0.4 is 10.6 Å². The van der Waals surface area contributed by atoms with Crippen molar-refractivity contribution in [3.8, 4) is 0 Å². The maximum atomic E-state index is 12.5. The number of para-hydroxylation sites is 1. The van der Waals surface area contributed by atoms with Crippen LogP contribution in [0.2, 0.25) is 0 Å². The molecule has 0 aliphatic heterocycles. The van der Waals surface area contributed by atoms with Gasteiger partial charge in [-0.15, -0.1) is 0 Å². The molecular formula is C20H26N4O. The van der Waals surface area contributed by atoms with Gasteiger partial charge in [0.2, 0.25) is 5.96 Å². The minimum Gasteiger partial charge on any atom is -0.326 e. The number of amides is 1. The van der Waals surface area contributed by atoms with Crippen LogP contribution in [-0.4, -0.2) is 44.0 Å². The van der Waals surface area contributed by atoms with Crippen LogP contribution in [0.1, 0.15) is 22.8 Å². The van der Waals surface area contributed by atoms with Gasteiger partial charge in [-0.3, -0.25) is 15.1 Å². The number of anilines is 1. The molecule has 2 N–H and O–H groups in total. The standard InChI is InChI=1S/C20H26N4O/c1-4-16-10-8-9-13-18(16)22-20(21-14-15-24(2)3)23-19(25)17-11-6-5-7-12-17/h5-13H,4,14-15H2,1-3H3,(H2,21,22,23,25). The molecular weight excluding hydrogens is 312 g/mol. The molecule has 5 heteroatoms. The summed E-state index contributed by atoms with van der Waals surface area (Å²) in [5.41, 5.74) is 2.74. The summed E-state index contributed by atoms with van der Waals surface area (Å²) < 4.78 is 0.